The molecule has 1 fully saturated rings. The van der Waals surface area contributed by atoms with E-state index in [-0.39, 0.29) is 5.91 Å². The van der Waals surface area contributed by atoms with Crippen molar-refractivity contribution in [3.05, 3.63) is 35.2 Å². The van der Waals surface area contributed by atoms with Crippen LogP contribution in [0.4, 0.5) is 5.69 Å². The molecule has 5 heteroatoms. The molecule has 1 saturated carbocycles. The van der Waals surface area contributed by atoms with Gasteiger partial charge in [-0.3, -0.25) is 10.1 Å². The monoisotopic (exact) mass is 353 g/mol. The molecule has 2 aliphatic rings. The van der Waals surface area contributed by atoms with Gasteiger partial charge in [0.15, 0.2) is 0 Å². The lowest BCUT2D eigenvalue weighted by Gasteiger charge is -2.39. The molecule has 4 rings (SSSR count). The van der Waals surface area contributed by atoms with Crippen LogP contribution >= 0.6 is 0 Å². The highest BCUT2D eigenvalue weighted by Gasteiger charge is 2.51. The fourth-order valence-electron chi connectivity index (χ4n) is 4.91. The van der Waals surface area contributed by atoms with E-state index in [1.165, 1.54) is 19.3 Å². The average molecular weight is 353 g/mol. The molecule has 1 amide bonds. The SMILES string of the molecule is CCNC1(C2CCCCC2)C(=O)Nc2ccc(-c3c(C)noc3C)cc21. The molecule has 0 bridgehead atoms. The number of benzene rings is 1. The van der Waals surface area contributed by atoms with E-state index in [9.17, 15) is 4.79 Å². The van der Waals surface area contributed by atoms with Gasteiger partial charge in [-0.2, -0.15) is 0 Å². The van der Waals surface area contributed by atoms with E-state index in [1.54, 1.807) is 0 Å². The summed E-state index contributed by atoms with van der Waals surface area (Å²) in [6.45, 7) is 6.73. The molecule has 1 atom stereocenters. The Morgan fingerprint density at radius 3 is 2.69 bits per heavy atom. The van der Waals surface area contributed by atoms with Gasteiger partial charge in [0.1, 0.15) is 11.3 Å². The fourth-order valence-corrected chi connectivity index (χ4v) is 4.91. The van der Waals surface area contributed by atoms with Crippen LogP contribution in [0.5, 0.6) is 0 Å². The molecule has 138 valence electrons. The highest BCUT2D eigenvalue weighted by molar-refractivity contribution is 6.06. The zero-order valence-corrected chi connectivity index (χ0v) is 15.8. The van der Waals surface area contributed by atoms with Crippen molar-refractivity contribution in [2.75, 3.05) is 11.9 Å². The first-order chi connectivity index (χ1) is 12.6. The Labute approximate surface area is 154 Å². The number of amides is 1. The van der Waals surface area contributed by atoms with Gasteiger partial charge in [0.25, 0.3) is 0 Å². The minimum atomic E-state index is -0.626. The third-order valence-corrected chi connectivity index (χ3v) is 6.05. The fraction of sp³-hybridized carbons (Fsp3) is 0.524. The summed E-state index contributed by atoms with van der Waals surface area (Å²) < 4.78 is 5.36. The molecule has 0 saturated heterocycles. The maximum Gasteiger partial charge on any atom is 0.249 e. The van der Waals surface area contributed by atoms with Crippen LogP contribution in [-0.4, -0.2) is 17.6 Å². The highest BCUT2D eigenvalue weighted by Crippen LogP contribution is 2.47. The van der Waals surface area contributed by atoms with Crippen LogP contribution in [0.1, 0.15) is 56.0 Å². The maximum atomic E-state index is 13.2. The van der Waals surface area contributed by atoms with E-state index in [0.717, 1.165) is 53.2 Å². The molecule has 2 N–H and O–H groups in total. The van der Waals surface area contributed by atoms with Crippen molar-refractivity contribution >= 4 is 11.6 Å². The summed E-state index contributed by atoms with van der Waals surface area (Å²) in [5.41, 5.74) is 4.35. The molecule has 1 aliphatic carbocycles. The summed E-state index contributed by atoms with van der Waals surface area (Å²) in [7, 11) is 0. The second-order valence-corrected chi connectivity index (χ2v) is 7.59. The summed E-state index contributed by atoms with van der Waals surface area (Å²) in [5.74, 6) is 1.24. The predicted molar refractivity (Wildman–Crippen MR) is 102 cm³/mol. The quantitative estimate of drug-likeness (QED) is 0.860. The average Bonchev–Trinajstić information content (AvgIpc) is 3.13. The van der Waals surface area contributed by atoms with Crippen LogP contribution in [-0.2, 0) is 10.3 Å². The summed E-state index contributed by atoms with van der Waals surface area (Å²) in [4.78, 5) is 13.2. The minimum absolute atomic E-state index is 0.0946. The van der Waals surface area contributed by atoms with Crippen LogP contribution in [0.25, 0.3) is 11.1 Å². The number of nitrogens with one attached hydrogen (secondary N) is 2. The highest BCUT2D eigenvalue weighted by atomic mass is 16.5. The second-order valence-electron chi connectivity index (χ2n) is 7.59. The van der Waals surface area contributed by atoms with E-state index in [0.29, 0.717) is 5.92 Å². The third-order valence-electron chi connectivity index (χ3n) is 6.05. The standard InChI is InChI=1S/C21H27N3O2/c1-4-22-21(16-8-6-5-7-9-16)17-12-15(10-11-18(17)23-20(21)25)19-13(2)24-26-14(19)3/h10-12,16,22H,4-9H2,1-3H3,(H,23,25). The number of aromatic nitrogens is 1. The first kappa shape index (κ1) is 17.3. The van der Waals surface area contributed by atoms with Gasteiger partial charge in [-0.1, -0.05) is 37.4 Å². The van der Waals surface area contributed by atoms with E-state index in [4.69, 9.17) is 4.52 Å². The Bertz CT molecular complexity index is 816. The number of fused-ring (bicyclic) bond motifs is 1. The van der Waals surface area contributed by atoms with Gasteiger partial charge in [0.2, 0.25) is 5.91 Å². The molecule has 26 heavy (non-hydrogen) atoms. The van der Waals surface area contributed by atoms with E-state index < -0.39 is 5.54 Å². The molecule has 1 aliphatic heterocycles. The molecule has 2 heterocycles. The Hall–Kier alpha value is -2.14. The normalized spacial score (nSPS) is 23.1. The van der Waals surface area contributed by atoms with E-state index >= 15 is 0 Å². The molecule has 1 unspecified atom stereocenters. The van der Waals surface area contributed by atoms with Gasteiger partial charge in [0, 0.05) is 16.8 Å². The van der Waals surface area contributed by atoms with E-state index in [1.807, 2.05) is 19.9 Å². The summed E-state index contributed by atoms with van der Waals surface area (Å²) in [5, 5.41) is 10.8. The molecule has 0 radical (unpaired) electrons. The van der Waals surface area contributed by atoms with Crippen LogP contribution in [0.15, 0.2) is 22.7 Å². The van der Waals surface area contributed by atoms with Crippen LogP contribution in [0, 0.1) is 19.8 Å². The van der Waals surface area contributed by atoms with Gasteiger partial charge in [-0.05, 0) is 56.8 Å². The minimum Gasteiger partial charge on any atom is -0.361 e. The maximum absolute atomic E-state index is 13.2. The second kappa shape index (κ2) is 6.54. The molecular weight excluding hydrogens is 326 g/mol. The van der Waals surface area contributed by atoms with Crippen molar-refractivity contribution in [3.63, 3.8) is 0 Å². The van der Waals surface area contributed by atoms with Crippen molar-refractivity contribution in [2.24, 2.45) is 5.92 Å². The Morgan fingerprint density at radius 1 is 1.27 bits per heavy atom. The third kappa shape index (κ3) is 2.49. The lowest BCUT2D eigenvalue weighted by molar-refractivity contribution is -0.124. The smallest absolute Gasteiger partial charge is 0.249 e. The molecule has 1 aromatic carbocycles. The molecular formula is C21H27N3O2. The number of carbonyl (C=O) groups is 1. The Morgan fingerprint density at radius 2 is 2.04 bits per heavy atom. The first-order valence-corrected chi connectivity index (χ1v) is 9.72. The van der Waals surface area contributed by atoms with Crippen molar-refractivity contribution < 1.29 is 9.32 Å². The van der Waals surface area contributed by atoms with Gasteiger partial charge in [0.05, 0.1) is 5.69 Å². The first-order valence-electron chi connectivity index (χ1n) is 9.72. The topological polar surface area (TPSA) is 67.2 Å². The van der Waals surface area contributed by atoms with Crippen molar-refractivity contribution in [1.82, 2.24) is 10.5 Å². The molecule has 2 aromatic rings. The van der Waals surface area contributed by atoms with E-state index in [2.05, 4.69) is 34.8 Å². The lowest BCUT2D eigenvalue weighted by atomic mass is 9.71. The molecule has 0 spiro atoms. The lowest BCUT2D eigenvalue weighted by Crippen LogP contribution is -2.54. The Balaban J connectivity index is 1.86. The van der Waals surface area contributed by atoms with Crippen LogP contribution in [0.2, 0.25) is 0 Å². The number of nitrogens with zero attached hydrogens (tertiary/aromatic N) is 1. The number of anilines is 1. The number of aryl methyl sites for hydroxylation is 2. The van der Waals surface area contributed by atoms with Crippen LogP contribution in [0.3, 0.4) is 0 Å². The van der Waals surface area contributed by atoms with Gasteiger partial charge >= 0.3 is 0 Å². The Kier molecular flexibility index (Phi) is 4.35. The van der Waals surface area contributed by atoms with Gasteiger partial charge in [-0.25, -0.2) is 0 Å². The van der Waals surface area contributed by atoms with Gasteiger partial charge in [-0.15, -0.1) is 0 Å². The predicted octanol–water partition coefficient (Wildman–Crippen LogP) is 4.30. The van der Waals surface area contributed by atoms with Crippen LogP contribution < -0.4 is 10.6 Å². The van der Waals surface area contributed by atoms with Gasteiger partial charge < -0.3 is 9.84 Å². The number of likely N-dealkylation sites (N-methyl/N-ethyl adjacent to an activating group) is 1. The number of carbonyl (C=O) groups excluding carboxylic acids is 1. The number of hydrogen-bond donors (Lipinski definition) is 2. The number of hydrogen-bond acceptors (Lipinski definition) is 4. The number of rotatable bonds is 4. The molecule has 1 aromatic heterocycles. The van der Waals surface area contributed by atoms with Crippen molar-refractivity contribution in [2.45, 2.75) is 58.4 Å². The zero-order chi connectivity index (χ0) is 18.3. The van der Waals surface area contributed by atoms with Crippen molar-refractivity contribution in [3.8, 4) is 11.1 Å². The molecule has 5 nitrogen and oxygen atoms in total. The van der Waals surface area contributed by atoms with Crippen molar-refractivity contribution in [1.29, 1.82) is 0 Å². The summed E-state index contributed by atoms with van der Waals surface area (Å²) in [6.07, 6.45) is 5.85. The zero-order valence-electron chi connectivity index (χ0n) is 15.8. The largest absolute Gasteiger partial charge is 0.361 e. The summed E-state index contributed by atoms with van der Waals surface area (Å²) in [6, 6.07) is 6.24. The summed E-state index contributed by atoms with van der Waals surface area (Å²) >= 11 is 0.